The Morgan fingerprint density at radius 2 is 2.00 bits per heavy atom. The summed E-state index contributed by atoms with van der Waals surface area (Å²) in [4.78, 5) is 0. The summed E-state index contributed by atoms with van der Waals surface area (Å²) in [6, 6.07) is 8.82. The van der Waals surface area contributed by atoms with Crippen molar-refractivity contribution in [3.63, 3.8) is 0 Å². The van der Waals surface area contributed by atoms with Crippen molar-refractivity contribution in [2.75, 3.05) is 13.6 Å². The van der Waals surface area contributed by atoms with Crippen molar-refractivity contribution in [1.82, 2.24) is 10.6 Å². The quantitative estimate of drug-likeness (QED) is 0.865. The van der Waals surface area contributed by atoms with Crippen molar-refractivity contribution in [2.45, 2.75) is 50.1 Å². The lowest BCUT2D eigenvalue weighted by Gasteiger charge is -2.45. The average Bonchev–Trinajstić information content (AvgIpc) is 3.30. The van der Waals surface area contributed by atoms with Crippen LogP contribution in [0.25, 0.3) is 0 Å². The Labute approximate surface area is 127 Å². The zero-order valence-corrected chi connectivity index (χ0v) is 13.0. The Morgan fingerprint density at radius 3 is 2.70 bits per heavy atom. The van der Waals surface area contributed by atoms with E-state index < -0.39 is 0 Å². The highest BCUT2D eigenvalue weighted by Crippen LogP contribution is 2.40. The van der Waals surface area contributed by atoms with Crippen molar-refractivity contribution in [3.8, 4) is 0 Å². The van der Waals surface area contributed by atoms with Crippen LogP contribution in [0.15, 0.2) is 24.3 Å². The molecule has 2 aliphatic carbocycles. The number of benzene rings is 1. The predicted octanol–water partition coefficient (Wildman–Crippen LogP) is 3.70. The normalized spacial score (nSPS) is 30.4. The standard InChI is InChI=1S/C17H25ClN2/c1-19-17(14-6-2-3-7-15(14)18)11-5-4-8-16(17)20-12-13-9-10-13/h2-3,6-7,13,16,19-20H,4-5,8-12H2,1H3/t16-,17-/m1/s1. The molecule has 1 aromatic carbocycles. The first kappa shape index (κ1) is 14.4. The van der Waals surface area contributed by atoms with E-state index in [9.17, 15) is 0 Å². The van der Waals surface area contributed by atoms with Crippen LogP contribution >= 0.6 is 11.6 Å². The molecule has 0 heterocycles. The number of nitrogens with one attached hydrogen (secondary N) is 2. The van der Waals surface area contributed by atoms with Crippen LogP contribution in [0.1, 0.15) is 44.1 Å². The number of likely N-dealkylation sites (N-methyl/N-ethyl adjacent to an activating group) is 1. The number of rotatable bonds is 5. The summed E-state index contributed by atoms with van der Waals surface area (Å²) in [5.41, 5.74) is 1.25. The van der Waals surface area contributed by atoms with E-state index in [1.807, 2.05) is 12.1 Å². The summed E-state index contributed by atoms with van der Waals surface area (Å²) in [5.74, 6) is 0.915. The van der Waals surface area contributed by atoms with Gasteiger partial charge in [-0.3, -0.25) is 0 Å². The smallest absolute Gasteiger partial charge is 0.0602 e. The van der Waals surface area contributed by atoms with Crippen LogP contribution < -0.4 is 10.6 Å². The van der Waals surface area contributed by atoms with Gasteiger partial charge in [-0.25, -0.2) is 0 Å². The molecular formula is C17H25ClN2. The lowest BCUT2D eigenvalue weighted by Crippen LogP contribution is -2.58. The van der Waals surface area contributed by atoms with Crippen molar-refractivity contribution in [2.24, 2.45) is 5.92 Å². The summed E-state index contributed by atoms with van der Waals surface area (Å²) >= 11 is 6.50. The lowest BCUT2D eigenvalue weighted by atomic mass is 9.72. The summed E-state index contributed by atoms with van der Waals surface area (Å²) in [6.45, 7) is 1.17. The fourth-order valence-corrected chi connectivity index (χ4v) is 3.96. The summed E-state index contributed by atoms with van der Waals surface area (Å²) in [6.07, 6.45) is 7.79. The molecule has 0 aliphatic heterocycles. The van der Waals surface area contributed by atoms with E-state index in [-0.39, 0.29) is 5.54 Å². The van der Waals surface area contributed by atoms with Gasteiger partial charge in [0, 0.05) is 11.1 Å². The van der Waals surface area contributed by atoms with Crippen LogP contribution in [0.2, 0.25) is 5.02 Å². The molecule has 0 bridgehead atoms. The zero-order chi connectivity index (χ0) is 14.0. The van der Waals surface area contributed by atoms with Crippen molar-refractivity contribution in [3.05, 3.63) is 34.9 Å². The highest BCUT2D eigenvalue weighted by Gasteiger charge is 2.42. The topological polar surface area (TPSA) is 24.1 Å². The second kappa shape index (κ2) is 6.05. The molecule has 2 fully saturated rings. The molecular weight excluding hydrogens is 268 g/mol. The lowest BCUT2D eigenvalue weighted by molar-refractivity contribution is 0.177. The summed E-state index contributed by atoms with van der Waals surface area (Å²) in [5, 5.41) is 8.34. The van der Waals surface area contributed by atoms with Gasteiger partial charge in [-0.15, -0.1) is 0 Å². The largest absolute Gasteiger partial charge is 0.312 e. The second-order valence-corrected chi connectivity index (χ2v) is 6.76. The molecule has 0 amide bonds. The Hall–Kier alpha value is -0.570. The summed E-state index contributed by atoms with van der Waals surface area (Å²) < 4.78 is 0. The van der Waals surface area contributed by atoms with Gasteiger partial charge in [0.25, 0.3) is 0 Å². The Morgan fingerprint density at radius 1 is 1.20 bits per heavy atom. The van der Waals surface area contributed by atoms with E-state index in [0.717, 1.165) is 17.4 Å². The number of halogens is 1. The number of hydrogen-bond donors (Lipinski definition) is 2. The van der Waals surface area contributed by atoms with Crippen LogP contribution in [0.3, 0.4) is 0 Å². The molecule has 3 rings (SSSR count). The molecule has 2 aliphatic rings. The molecule has 2 nitrogen and oxygen atoms in total. The Balaban J connectivity index is 1.87. The Bertz CT molecular complexity index is 458. The first-order chi connectivity index (χ1) is 9.76. The third-order valence-electron chi connectivity index (χ3n) is 5.06. The van der Waals surface area contributed by atoms with Gasteiger partial charge in [0.15, 0.2) is 0 Å². The molecule has 0 saturated heterocycles. The highest BCUT2D eigenvalue weighted by atomic mass is 35.5. The minimum atomic E-state index is -0.00845. The third-order valence-corrected chi connectivity index (χ3v) is 5.39. The van der Waals surface area contributed by atoms with E-state index in [1.54, 1.807) is 0 Å². The third kappa shape index (κ3) is 2.74. The van der Waals surface area contributed by atoms with Gasteiger partial charge < -0.3 is 10.6 Å². The van der Waals surface area contributed by atoms with Crippen molar-refractivity contribution < 1.29 is 0 Å². The first-order valence-electron chi connectivity index (χ1n) is 7.93. The molecule has 20 heavy (non-hydrogen) atoms. The van der Waals surface area contributed by atoms with Gasteiger partial charge >= 0.3 is 0 Å². The second-order valence-electron chi connectivity index (χ2n) is 6.35. The zero-order valence-electron chi connectivity index (χ0n) is 12.3. The van der Waals surface area contributed by atoms with Gasteiger partial charge in [0.1, 0.15) is 0 Å². The van der Waals surface area contributed by atoms with E-state index in [2.05, 4.69) is 29.8 Å². The number of hydrogen-bond acceptors (Lipinski definition) is 2. The van der Waals surface area contributed by atoms with Gasteiger partial charge in [-0.1, -0.05) is 42.6 Å². The molecule has 110 valence electrons. The SMILES string of the molecule is CN[C@@]1(c2ccccc2Cl)CCCC[C@H]1NCC1CC1. The molecule has 1 aromatic rings. The van der Waals surface area contributed by atoms with E-state index in [4.69, 9.17) is 11.6 Å². The van der Waals surface area contributed by atoms with Crippen LogP contribution in [-0.2, 0) is 5.54 Å². The van der Waals surface area contributed by atoms with Crippen molar-refractivity contribution >= 4 is 11.6 Å². The van der Waals surface area contributed by atoms with E-state index in [0.29, 0.717) is 6.04 Å². The molecule has 0 unspecified atom stereocenters. The van der Waals surface area contributed by atoms with Gasteiger partial charge in [-0.05, 0) is 56.8 Å². The maximum Gasteiger partial charge on any atom is 0.0602 e. The monoisotopic (exact) mass is 292 g/mol. The molecule has 2 saturated carbocycles. The van der Waals surface area contributed by atoms with Gasteiger partial charge in [0.2, 0.25) is 0 Å². The molecule has 0 aromatic heterocycles. The van der Waals surface area contributed by atoms with Gasteiger partial charge in [-0.2, -0.15) is 0 Å². The predicted molar refractivity (Wildman–Crippen MR) is 85.2 cm³/mol. The molecule has 2 N–H and O–H groups in total. The molecule has 2 atom stereocenters. The summed E-state index contributed by atoms with van der Waals surface area (Å²) in [7, 11) is 2.08. The minimum Gasteiger partial charge on any atom is -0.312 e. The molecule has 0 radical (unpaired) electrons. The van der Waals surface area contributed by atoms with E-state index >= 15 is 0 Å². The van der Waals surface area contributed by atoms with Crippen molar-refractivity contribution in [1.29, 1.82) is 0 Å². The van der Waals surface area contributed by atoms with Crippen LogP contribution in [0.5, 0.6) is 0 Å². The fourth-order valence-electron chi connectivity index (χ4n) is 3.66. The molecule has 0 spiro atoms. The van der Waals surface area contributed by atoms with Gasteiger partial charge in [0.05, 0.1) is 5.54 Å². The maximum absolute atomic E-state index is 6.50. The van der Waals surface area contributed by atoms with Crippen LogP contribution in [0, 0.1) is 5.92 Å². The van der Waals surface area contributed by atoms with E-state index in [1.165, 1.54) is 44.2 Å². The first-order valence-corrected chi connectivity index (χ1v) is 8.31. The average molecular weight is 293 g/mol. The fraction of sp³-hybridized carbons (Fsp3) is 0.647. The molecule has 3 heteroatoms. The maximum atomic E-state index is 6.50. The minimum absolute atomic E-state index is 0.00845. The van der Waals surface area contributed by atoms with Crippen LogP contribution in [-0.4, -0.2) is 19.6 Å². The highest BCUT2D eigenvalue weighted by molar-refractivity contribution is 6.31. The Kier molecular flexibility index (Phi) is 4.34. The van der Waals surface area contributed by atoms with Crippen LogP contribution in [0.4, 0.5) is 0 Å².